The SMILES string of the molecule is CC(C)NC(CC(=O)Nc1ccc(F)cc1)C(F)(F)F. The largest absolute Gasteiger partial charge is 0.404 e. The third-order valence-electron chi connectivity index (χ3n) is 2.45. The van der Waals surface area contributed by atoms with Crippen molar-refractivity contribution in [1.29, 1.82) is 0 Å². The van der Waals surface area contributed by atoms with Crippen LogP contribution in [-0.4, -0.2) is 24.2 Å². The summed E-state index contributed by atoms with van der Waals surface area (Å²) in [5.41, 5.74) is 0.252. The Morgan fingerprint density at radius 3 is 2.20 bits per heavy atom. The van der Waals surface area contributed by atoms with E-state index in [-0.39, 0.29) is 5.69 Å². The lowest BCUT2D eigenvalue weighted by molar-refractivity contribution is -0.161. The first kappa shape index (κ1) is 16.4. The van der Waals surface area contributed by atoms with Crippen molar-refractivity contribution in [2.24, 2.45) is 0 Å². The van der Waals surface area contributed by atoms with Gasteiger partial charge in [0.1, 0.15) is 11.9 Å². The van der Waals surface area contributed by atoms with E-state index in [1.807, 2.05) is 0 Å². The molecule has 1 rings (SSSR count). The highest BCUT2D eigenvalue weighted by molar-refractivity contribution is 5.91. The molecule has 112 valence electrons. The number of halogens is 4. The standard InChI is InChI=1S/C13H16F4N2O/c1-8(2)18-11(13(15,16)17)7-12(20)19-10-5-3-9(14)4-6-10/h3-6,8,11,18H,7H2,1-2H3,(H,19,20). The molecular weight excluding hydrogens is 276 g/mol. The highest BCUT2D eigenvalue weighted by atomic mass is 19.4. The van der Waals surface area contributed by atoms with E-state index in [1.165, 1.54) is 12.1 Å². The van der Waals surface area contributed by atoms with Crippen LogP contribution >= 0.6 is 0 Å². The Morgan fingerprint density at radius 2 is 1.75 bits per heavy atom. The van der Waals surface area contributed by atoms with Gasteiger partial charge in [0.05, 0.1) is 6.42 Å². The molecule has 0 heterocycles. The summed E-state index contributed by atoms with van der Waals surface area (Å²) in [6.07, 6.45) is -5.25. The number of hydrogen-bond donors (Lipinski definition) is 2. The van der Waals surface area contributed by atoms with Crippen molar-refractivity contribution in [3.05, 3.63) is 30.1 Å². The molecule has 0 aliphatic rings. The Kier molecular flexibility index (Phi) is 5.50. The summed E-state index contributed by atoms with van der Waals surface area (Å²) in [6.45, 7) is 3.13. The lowest BCUT2D eigenvalue weighted by Crippen LogP contribution is -2.47. The summed E-state index contributed by atoms with van der Waals surface area (Å²) in [5, 5.41) is 4.60. The molecule has 2 N–H and O–H groups in total. The van der Waals surface area contributed by atoms with Crippen molar-refractivity contribution in [3.63, 3.8) is 0 Å². The number of carbonyl (C=O) groups is 1. The highest BCUT2D eigenvalue weighted by Crippen LogP contribution is 2.23. The third kappa shape index (κ3) is 5.56. The first-order valence-corrected chi connectivity index (χ1v) is 6.06. The number of benzene rings is 1. The van der Waals surface area contributed by atoms with Gasteiger partial charge < -0.3 is 10.6 Å². The van der Waals surface area contributed by atoms with Crippen LogP contribution in [0.3, 0.4) is 0 Å². The third-order valence-corrected chi connectivity index (χ3v) is 2.45. The molecule has 0 aliphatic heterocycles. The van der Waals surface area contributed by atoms with E-state index in [2.05, 4.69) is 10.6 Å². The molecule has 0 aliphatic carbocycles. The first-order valence-electron chi connectivity index (χ1n) is 6.06. The second kappa shape index (κ2) is 6.69. The number of rotatable bonds is 5. The molecule has 0 spiro atoms. The van der Waals surface area contributed by atoms with Gasteiger partial charge in [0, 0.05) is 11.7 Å². The highest BCUT2D eigenvalue weighted by Gasteiger charge is 2.40. The van der Waals surface area contributed by atoms with Crippen LogP contribution in [0, 0.1) is 5.82 Å². The summed E-state index contributed by atoms with van der Waals surface area (Å²) < 4.78 is 50.9. The normalized spacial score (nSPS) is 13.3. The number of hydrogen-bond acceptors (Lipinski definition) is 2. The average Bonchev–Trinajstić information content (AvgIpc) is 2.29. The predicted molar refractivity (Wildman–Crippen MR) is 67.8 cm³/mol. The van der Waals surface area contributed by atoms with E-state index in [0.29, 0.717) is 0 Å². The Bertz CT molecular complexity index is 443. The summed E-state index contributed by atoms with van der Waals surface area (Å²) >= 11 is 0. The van der Waals surface area contributed by atoms with Gasteiger partial charge >= 0.3 is 6.18 Å². The van der Waals surface area contributed by atoms with Crippen molar-refractivity contribution in [2.75, 3.05) is 5.32 Å². The molecule has 1 unspecified atom stereocenters. The summed E-state index contributed by atoms with van der Waals surface area (Å²) in [6, 6.07) is 2.48. The molecular formula is C13H16F4N2O. The Balaban J connectivity index is 2.64. The maximum absolute atomic E-state index is 12.7. The molecule has 3 nitrogen and oxygen atoms in total. The van der Waals surface area contributed by atoms with Crippen LogP contribution in [0.5, 0.6) is 0 Å². The van der Waals surface area contributed by atoms with Crippen molar-refractivity contribution in [3.8, 4) is 0 Å². The minimum atomic E-state index is -4.51. The maximum Gasteiger partial charge on any atom is 0.404 e. The first-order chi connectivity index (χ1) is 9.18. The topological polar surface area (TPSA) is 41.1 Å². The number of carbonyl (C=O) groups excluding carboxylic acids is 1. The molecule has 0 aromatic heterocycles. The molecule has 0 radical (unpaired) electrons. The van der Waals surface area contributed by atoms with E-state index < -0.39 is 36.4 Å². The summed E-state index contributed by atoms with van der Waals surface area (Å²) in [4.78, 5) is 11.6. The average molecular weight is 292 g/mol. The van der Waals surface area contributed by atoms with E-state index in [0.717, 1.165) is 12.1 Å². The van der Waals surface area contributed by atoms with Gasteiger partial charge in [0.15, 0.2) is 0 Å². The van der Waals surface area contributed by atoms with Crippen molar-refractivity contribution in [2.45, 2.75) is 38.5 Å². The van der Waals surface area contributed by atoms with E-state index in [4.69, 9.17) is 0 Å². The molecule has 0 fully saturated rings. The van der Waals surface area contributed by atoms with Gasteiger partial charge in [-0.1, -0.05) is 13.8 Å². The maximum atomic E-state index is 12.7. The van der Waals surface area contributed by atoms with Gasteiger partial charge in [0.25, 0.3) is 0 Å². The predicted octanol–water partition coefficient (Wildman–Crippen LogP) is 3.08. The molecule has 20 heavy (non-hydrogen) atoms. The van der Waals surface area contributed by atoms with Gasteiger partial charge in [0.2, 0.25) is 5.91 Å². The molecule has 0 bridgehead atoms. The quantitative estimate of drug-likeness (QED) is 0.819. The smallest absolute Gasteiger partial charge is 0.326 e. The van der Waals surface area contributed by atoms with Crippen molar-refractivity contribution in [1.82, 2.24) is 5.32 Å². The van der Waals surface area contributed by atoms with Crippen LogP contribution in [0.1, 0.15) is 20.3 Å². The minimum Gasteiger partial charge on any atom is -0.326 e. The fourth-order valence-corrected chi connectivity index (χ4v) is 1.60. The fourth-order valence-electron chi connectivity index (χ4n) is 1.60. The van der Waals surface area contributed by atoms with Crippen molar-refractivity contribution >= 4 is 11.6 Å². The molecule has 1 aromatic carbocycles. The lowest BCUT2D eigenvalue weighted by atomic mass is 10.1. The van der Waals surface area contributed by atoms with Crippen LogP contribution in [0.2, 0.25) is 0 Å². The zero-order chi connectivity index (χ0) is 15.3. The number of nitrogens with one attached hydrogen (secondary N) is 2. The van der Waals surface area contributed by atoms with Crippen LogP contribution in [0.15, 0.2) is 24.3 Å². The molecule has 1 atom stereocenters. The van der Waals surface area contributed by atoms with Gasteiger partial charge in [-0.3, -0.25) is 4.79 Å². The zero-order valence-corrected chi connectivity index (χ0v) is 11.1. The van der Waals surface area contributed by atoms with Gasteiger partial charge in [-0.25, -0.2) is 4.39 Å². The number of anilines is 1. The molecule has 7 heteroatoms. The Hall–Kier alpha value is -1.63. The van der Waals surface area contributed by atoms with Crippen molar-refractivity contribution < 1.29 is 22.4 Å². The monoisotopic (exact) mass is 292 g/mol. The second-order valence-corrected chi connectivity index (χ2v) is 4.67. The fraction of sp³-hybridized carbons (Fsp3) is 0.462. The minimum absolute atomic E-state index is 0.252. The summed E-state index contributed by atoms with van der Waals surface area (Å²) in [5.74, 6) is -1.27. The lowest BCUT2D eigenvalue weighted by Gasteiger charge is -2.23. The Labute approximate surface area is 114 Å². The molecule has 0 saturated carbocycles. The molecule has 1 aromatic rings. The van der Waals surface area contributed by atoms with Gasteiger partial charge in [-0.05, 0) is 24.3 Å². The zero-order valence-electron chi connectivity index (χ0n) is 11.1. The van der Waals surface area contributed by atoms with Gasteiger partial charge in [-0.2, -0.15) is 13.2 Å². The summed E-state index contributed by atoms with van der Waals surface area (Å²) in [7, 11) is 0. The van der Waals surface area contributed by atoms with E-state index in [1.54, 1.807) is 13.8 Å². The Morgan fingerprint density at radius 1 is 1.20 bits per heavy atom. The van der Waals surface area contributed by atoms with E-state index in [9.17, 15) is 22.4 Å². The number of alkyl halides is 3. The van der Waals surface area contributed by atoms with Crippen LogP contribution in [0.25, 0.3) is 0 Å². The van der Waals surface area contributed by atoms with Crippen LogP contribution in [-0.2, 0) is 4.79 Å². The second-order valence-electron chi connectivity index (χ2n) is 4.67. The molecule has 1 amide bonds. The van der Waals surface area contributed by atoms with Crippen LogP contribution < -0.4 is 10.6 Å². The number of amides is 1. The molecule has 0 saturated heterocycles. The van der Waals surface area contributed by atoms with E-state index >= 15 is 0 Å². The van der Waals surface area contributed by atoms with Crippen LogP contribution in [0.4, 0.5) is 23.2 Å². The van der Waals surface area contributed by atoms with Gasteiger partial charge in [-0.15, -0.1) is 0 Å².